The second-order valence-electron chi connectivity index (χ2n) is 2.29. The summed E-state index contributed by atoms with van der Waals surface area (Å²) in [5.41, 5.74) is 0.0303. The van der Waals surface area contributed by atoms with Crippen LogP contribution in [0.4, 0.5) is 0 Å². The van der Waals surface area contributed by atoms with Crippen LogP contribution in [-0.2, 0) is 0 Å². The topological polar surface area (TPSA) is 53.0 Å². The van der Waals surface area contributed by atoms with Crippen molar-refractivity contribution in [2.45, 2.75) is 6.92 Å². The Balaban J connectivity index is 3.53. The van der Waals surface area contributed by atoms with E-state index in [9.17, 15) is 9.90 Å². The summed E-state index contributed by atoms with van der Waals surface area (Å²) >= 11 is 16.7. The van der Waals surface area contributed by atoms with Crippen molar-refractivity contribution in [3.63, 3.8) is 0 Å². The monoisotopic (exact) mass is 238 g/mol. The first-order valence-corrected chi connectivity index (χ1v) is 4.31. The maximum Gasteiger partial charge on any atom is 0.149 e. The average Bonchev–Trinajstić information content (AvgIpc) is 1.99. The lowest BCUT2D eigenvalue weighted by Crippen LogP contribution is -2.24. The van der Waals surface area contributed by atoms with E-state index in [2.05, 4.69) is 4.98 Å². The normalized spacial score (nSPS) is 10.2. The van der Waals surface area contributed by atoms with Gasteiger partial charge in [-0.3, -0.25) is 0 Å². The van der Waals surface area contributed by atoms with E-state index < -0.39 is 5.97 Å². The molecule has 70 valence electrons. The Morgan fingerprint density at radius 3 is 2.31 bits per heavy atom. The van der Waals surface area contributed by atoms with Crippen LogP contribution in [0.25, 0.3) is 0 Å². The van der Waals surface area contributed by atoms with Crippen molar-refractivity contribution in [3.05, 3.63) is 26.5 Å². The van der Waals surface area contributed by atoms with Crippen LogP contribution >= 0.6 is 34.8 Å². The van der Waals surface area contributed by atoms with E-state index in [1.807, 2.05) is 0 Å². The molecule has 0 atom stereocenters. The van der Waals surface area contributed by atoms with Crippen molar-refractivity contribution in [1.82, 2.24) is 4.98 Å². The van der Waals surface area contributed by atoms with Crippen LogP contribution < -0.4 is 5.11 Å². The van der Waals surface area contributed by atoms with Gasteiger partial charge in [0.05, 0.1) is 11.0 Å². The molecule has 0 radical (unpaired) electrons. The number of aromatic carboxylic acids is 1. The Morgan fingerprint density at radius 2 is 1.85 bits per heavy atom. The van der Waals surface area contributed by atoms with Crippen molar-refractivity contribution in [2.24, 2.45) is 0 Å². The molecule has 1 aromatic rings. The van der Waals surface area contributed by atoms with Crippen LogP contribution in [0, 0.1) is 6.92 Å². The minimum absolute atomic E-state index is 0.0193. The molecule has 0 unspecified atom stereocenters. The molecule has 0 spiro atoms. The maximum atomic E-state index is 10.6. The van der Waals surface area contributed by atoms with Crippen molar-refractivity contribution < 1.29 is 9.90 Å². The summed E-state index contributed by atoms with van der Waals surface area (Å²) in [6.45, 7) is 1.48. The van der Waals surface area contributed by atoms with Gasteiger partial charge in [-0.15, -0.1) is 0 Å². The molecular formula is C7H3Cl3NO2-. The third-order valence-electron chi connectivity index (χ3n) is 1.49. The summed E-state index contributed by atoms with van der Waals surface area (Å²) in [7, 11) is 0. The fourth-order valence-electron chi connectivity index (χ4n) is 0.848. The number of aromatic nitrogens is 1. The van der Waals surface area contributed by atoms with Crippen molar-refractivity contribution >= 4 is 40.8 Å². The molecule has 3 nitrogen and oxygen atoms in total. The molecule has 0 amide bonds. The summed E-state index contributed by atoms with van der Waals surface area (Å²) < 4.78 is 0. The molecule has 0 saturated carbocycles. The number of carboxylic acid groups (broad SMARTS) is 1. The number of halogens is 3. The molecule has 0 bridgehead atoms. The number of rotatable bonds is 1. The predicted molar refractivity (Wildman–Crippen MR) is 48.3 cm³/mol. The molecule has 0 aliphatic rings. The highest BCUT2D eigenvalue weighted by molar-refractivity contribution is 6.43. The molecule has 13 heavy (non-hydrogen) atoms. The summed E-state index contributed by atoms with van der Waals surface area (Å²) in [4.78, 5) is 14.1. The van der Waals surface area contributed by atoms with E-state index in [0.29, 0.717) is 0 Å². The number of nitrogens with zero attached hydrogens (tertiary/aromatic N) is 1. The molecule has 0 aromatic carbocycles. The quantitative estimate of drug-likeness (QED) is 0.701. The highest BCUT2D eigenvalue weighted by Gasteiger charge is 2.13. The lowest BCUT2D eigenvalue weighted by molar-refractivity contribution is -0.255. The van der Waals surface area contributed by atoms with Gasteiger partial charge >= 0.3 is 0 Å². The third-order valence-corrected chi connectivity index (χ3v) is 2.60. The van der Waals surface area contributed by atoms with Crippen LogP contribution in [-0.4, -0.2) is 11.0 Å². The lowest BCUT2D eigenvalue weighted by atomic mass is 10.2. The Bertz CT molecular complexity index is 378. The number of hydrogen-bond donors (Lipinski definition) is 0. The fraction of sp³-hybridized carbons (Fsp3) is 0.143. The standard InChI is InChI=1S/C7H4Cl3NO2/c1-2-3(7(12)13)5(9)11-6(10)4(2)8/h1H3,(H,12,13)/p-1. The van der Waals surface area contributed by atoms with Gasteiger partial charge in [0, 0.05) is 5.56 Å². The molecule has 0 saturated heterocycles. The van der Waals surface area contributed by atoms with E-state index in [4.69, 9.17) is 34.8 Å². The zero-order valence-electron chi connectivity index (χ0n) is 6.40. The first-order chi connectivity index (χ1) is 5.95. The van der Waals surface area contributed by atoms with Gasteiger partial charge in [-0.25, -0.2) is 4.98 Å². The van der Waals surface area contributed by atoms with E-state index in [1.165, 1.54) is 6.92 Å². The van der Waals surface area contributed by atoms with Crippen LogP contribution in [0.15, 0.2) is 0 Å². The van der Waals surface area contributed by atoms with Crippen LogP contribution in [0.5, 0.6) is 0 Å². The van der Waals surface area contributed by atoms with Crippen molar-refractivity contribution in [2.75, 3.05) is 0 Å². The van der Waals surface area contributed by atoms with Gasteiger partial charge in [-0.2, -0.15) is 0 Å². The van der Waals surface area contributed by atoms with Crippen molar-refractivity contribution in [3.8, 4) is 0 Å². The Hall–Kier alpha value is -0.510. The molecular weight excluding hydrogens is 236 g/mol. The van der Waals surface area contributed by atoms with Gasteiger partial charge in [-0.05, 0) is 12.5 Å². The summed E-state index contributed by atoms with van der Waals surface area (Å²) in [5, 5.41) is 10.4. The van der Waals surface area contributed by atoms with E-state index in [-0.39, 0.29) is 26.5 Å². The first kappa shape index (κ1) is 10.6. The van der Waals surface area contributed by atoms with Crippen molar-refractivity contribution in [1.29, 1.82) is 0 Å². The van der Waals surface area contributed by atoms with E-state index in [1.54, 1.807) is 0 Å². The van der Waals surface area contributed by atoms with Crippen LogP contribution in [0.3, 0.4) is 0 Å². The predicted octanol–water partition coefficient (Wildman–Crippen LogP) is 1.71. The SMILES string of the molecule is Cc1c(Cl)c(Cl)nc(Cl)c1C(=O)[O-]. The number of carbonyl (C=O) groups excluding carboxylic acids is 1. The molecule has 1 aromatic heterocycles. The van der Waals surface area contributed by atoms with Gasteiger partial charge < -0.3 is 9.90 Å². The number of hydrogen-bond acceptors (Lipinski definition) is 3. The zero-order valence-corrected chi connectivity index (χ0v) is 8.67. The molecule has 6 heteroatoms. The van der Waals surface area contributed by atoms with Gasteiger partial charge in [0.1, 0.15) is 10.3 Å². The maximum absolute atomic E-state index is 10.6. The Labute approximate surface area is 89.2 Å². The molecule has 1 rings (SSSR count). The lowest BCUT2D eigenvalue weighted by Gasteiger charge is -2.10. The van der Waals surface area contributed by atoms with Gasteiger partial charge in [-0.1, -0.05) is 34.8 Å². The smallest absolute Gasteiger partial charge is 0.149 e. The summed E-state index contributed by atoms with van der Waals surface area (Å²) in [6.07, 6.45) is 0. The first-order valence-electron chi connectivity index (χ1n) is 3.17. The van der Waals surface area contributed by atoms with Crippen LogP contribution in [0.2, 0.25) is 15.3 Å². The minimum Gasteiger partial charge on any atom is -0.545 e. The molecule has 0 aliphatic heterocycles. The van der Waals surface area contributed by atoms with Gasteiger partial charge in [0.25, 0.3) is 0 Å². The molecule has 1 heterocycles. The second-order valence-corrected chi connectivity index (χ2v) is 3.39. The Kier molecular flexibility index (Phi) is 3.01. The molecule has 0 N–H and O–H groups in total. The largest absolute Gasteiger partial charge is 0.545 e. The Morgan fingerprint density at radius 1 is 1.31 bits per heavy atom. The fourth-order valence-corrected chi connectivity index (χ4v) is 1.56. The number of carbonyl (C=O) groups is 1. The molecule has 0 fully saturated rings. The van der Waals surface area contributed by atoms with Gasteiger partial charge in [0.2, 0.25) is 0 Å². The number of carboxylic acids is 1. The summed E-state index contributed by atoms with van der Waals surface area (Å²) in [6, 6.07) is 0. The zero-order chi connectivity index (χ0) is 10.2. The summed E-state index contributed by atoms with van der Waals surface area (Å²) in [5.74, 6) is -1.42. The second kappa shape index (κ2) is 3.70. The highest BCUT2D eigenvalue weighted by Crippen LogP contribution is 2.29. The third kappa shape index (κ3) is 1.88. The van der Waals surface area contributed by atoms with Crippen LogP contribution in [0.1, 0.15) is 15.9 Å². The molecule has 0 aliphatic carbocycles. The average molecular weight is 239 g/mol. The minimum atomic E-state index is -1.42. The highest BCUT2D eigenvalue weighted by atomic mass is 35.5. The van der Waals surface area contributed by atoms with E-state index >= 15 is 0 Å². The number of pyridine rings is 1. The van der Waals surface area contributed by atoms with E-state index in [0.717, 1.165) is 0 Å². The van der Waals surface area contributed by atoms with Gasteiger partial charge in [0.15, 0.2) is 0 Å².